The second kappa shape index (κ2) is 10.0. The number of fused-ring (bicyclic) bond motifs is 1. The minimum atomic E-state index is -0.617. The quantitative estimate of drug-likeness (QED) is 0.447. The lowest BCUT2D eigenvalue weighted by molar-refractivity contribution is -0.123. The van der Waals surface area contributed by atoms with Crippen molar-refractivity contribution in [2.75, 3.05) is 13.1 Å². The van der Waals surface area contributed by atoms with Crippen LogP contribution in [0.15, 0.2) is 72.0 Å². The predicted molar refractivity (Wildman–Crippen MR) is 133 cm³/mol. The minimum absolute atomic E-state index is 0.0800. The molecule has 1 aromatic heterocycles. The fourth-order valence-corrected chi connectivity index (χ4v) is 5.36. The Morgan fingerprint density at radius 1 is 1.11 bits per heavy atom. The van der Waals surface area contributed by atoms with E-state index in [2.05, 4.69) is 9.98 Å². The molecule has 3 aromatic rings. The maximum atomic E-state index is 14.5. The first-order valence-corrected chi connectivity index (χ1v) is 12.1. The number of carbonyl (C=O) groups is 2. The summed E-state index contributed by atoms with van der Waals surface area (Å²) in [6.07, 6.45) is 5.68. The van der Waals surface area contributed by atoms with Gasteiger partial charge in [-0.3, -0.25) is 24.5 Å². The van der Waals surface area contributed by atoms with Crippen LogP contribution in [0.25, 0.3) is 0 Å². The number of halogens is 1. The summed E-state index contributed by atoms with van der Waals surface area (Å²) in [6, 6.07) is 15.6. The van der Waals surface area contributed by atoms with Gasteiger partial charge in [0.25, 0.3) is 0 Å². The molecule has 2 aliphatic heterocycles. The van der Waals surface area contributed by atoms with Crippen LogP contribution in [-0.4, -0.2) is 40.3 Å². The summed E-state index contributed by atoms with van der Waals surface area (Å²) >= 11 is 0. The maximum absolute atomic E-state index is 14.5. The van der Waals surface area contributed by atoms with Gasteiger partial charge in [0.15, 0.2) is 11.6 Å². The Kier molecular flexibility index (Phi) is 6.64. The zero-order chi connectivity index (χ0) is 24.4. The summed E-state index contributed by atoms with van der Waals surface area (Å²) < 4.78 is 14.5. The number of Topliss-reactive ketones (excluding diaryl/α,β-unsaturated/α-hetero) is 2. The molecule has 0 amide bonds. The van der Waals surface area contributed by atoms with Gasteiger partial charge in [-0.05, 0) is 62.1 Å². The average Bonchev–Trinajstić information content (AvgIpc) is 3.29. The van der Waals surface area contributed by atoms with Crippen molar-refractivity contribution < 1.29 is 14.0 Å². The van der Waals surface area contributed by atoms with E-state index < -0.39 is 6.04 Å². The van der Waals surface area contributed by atoms with Crippen molar-refractivity contribution in [2.45, 2.75) is 38.8 Å². The SMILES string of the molecule is CC(=O)C(c1ccccc1F)N1CCC[C@@H](CC(=O)c2ccc3c(c2)C(c2ccncc2)=NC3)C1. The van der Waals surface area contributed by atoms with Crippen LogP contribution in [0.3, 0.4) is 0 Å². The molecule has 6 heteroatoms. The summed E-state index contributed by atoms with van der Waals surface area (Å²) in [7, 11) is 0. The molecule has 5 nitrogen and oxygen atoms in total. The molecule has 0 N–H and O–H groups in total. The molecule has 0 aliphatic carbocycles. The Morgan fingerprint density at radius 3 is 2.69 bits per heavy atom. The Morgan fingerprint density at radius 2 is 1.91 bits per heavy atom. The van der Waals surface area contributed by atoms with Crippen LogP contribution in [0.5, 0.6) is 0 Å². The standard InChI is InChI=1S/C29H28FN3O2/c1-19(34)29(24-6-2-3-7-26(24)30)33-14-4-5-20(18-33)15-27(35)22-8-9-23-17-32-28(25(23)16-22)21-10-12-31-13-11-21/h2-3,6-13,16,20,29H,4-5,14-15,17-18H2,1H3/t20-,29?/m0/s1. The number of piperidine rings is 1. The van der Waals surface area contributed by atoms with Gasteiger partial charge in [-0.25, -0.2) is 4.39 Å². The molecule has 0 spiro atoms. The molecule has 178 valence electrons. The third kappa shape index (κ3) is 4.84. The van der Waals surface area contributed by atoms with Gasteiger partial charge in [0.2, 0.25) is 0 Å². The van der Waals surface area contributed by atoms with E-state index in [1.807, 2.05) is 35.2 Å². The van der Waals surface area contributed by atoms with Crippen LogP contribution in [0.2, 0.25) is 0 Å². The first-order valence-electron chi connectivity index (χ1n) is 12.1. The van der Waals surface area contributed by atoms with E-state index >= 15 is 0 Å². The lowest BCUT2D eigenvalue weighted by Gasteiger charge is -2.37. The van der Waals surface area contributed by atoms with Crippen molar-refractivity contribution in [1.29, 1.82) is 0 Å². The second-order valence-corrected chi connectivity index (χ2v) is 9.44. The van der Waals surface area contributed by atoms with Crippen LogP contribution in [0, 0.1) is 11.7 Å². The summed E-state index contributed by atoms with van der Waals surface area (Å²) in [5.74, 6) is -0.239. The van der Waals surface area contributed by atoms with Gasteiger partial charge in [-0.2, -0.15) is 0 Å². The van der Waals surface area contributed by atoms with Gasteiger partial charge in [0.1, 0.15) is 5.82 Å². The molecule has 2 aromatic carbocycles. The van der Waals surface area contributed by atoms with E-state index in [0.717, 1.165) is 35.2 Å². The largest absolute Gasteiger partial charge is 0.298 e. The number of benzene rings is 2. The monoisotopic (exact) mass is 469 g/mol. The number of rotatable bonds is 7. The van der Waals surface area contributed by atoms with Gasteiger partial charge in [-0.15, -0.1) is 0 Å². The van der Waals surface area contributed by atoms with Crippen molar-refractivity contribution in [3.05, 3.63) is 101 Å². The predicted octanol–water partition coefficient (Wildman–Crippen LogP) is 5.19. The van der Waals surface area contributed by atoms with E-state index in [4.69, 9.17) is 0 Å². The topological polar surface area (TPSA) is 62.6 Å². The van der Waals surface area contributed by atoms with Gasteiger partial charge in [0.05, 0.1) is 18.3 Å². The Hall–Kier alpha value is -3.51. The van der Waals surface area contributed by atoms with Crippen molar-refractivity contribution in [2.24, 2.45) is 10.9 Å². The first-order chi connectivity index (χ1) is 17.0. The number of hydrogen-bond acceptors (Lipinski definition) is 5. The number of likely N-dealkylation sites (tertiary alicyclic amines) is 1. The van der Waals surface area contributed by atoms with E-state index in [-0.39, 0.29) is 23.3 Å². The molecular formula is C29H28FN3O2. The highest BCUT2D eigenvalue weighted by atomic mass is 19.1. The number of pyridine rings is 1. The number of carbonyl (C=O) groups excluding carboxylic acids is 2. The van der Waals surface area contributed by atoms with Gasteiger partial charge < -0.3 is 0 Å². The highest BCUT2D eigenvalue weighted by Crippen LogP contribution is 2.31. The Labute approximate surface area is 204 Å². The molecule has 2 aliphatic rings. The molecule has 5 rings (SSSR count). The fourth-order valence-electron chi connectivity index (χ4n) is 5.36. The van der Waals surface area contributed by atoms with Crippen LogP contribution in [-0.2, 0) is 11.3 Å². The van der Waals surface area contributed by atoms with Crippen molar-refractivity contribution in [1.82, 2.24) is 9.88 Å². The molecule has 1 fully saturated rings. The normalized spacial score (nSPS) is 18.6. The van der Waals surface area contributed by atoms with Crippen LogP contribution in [0.1, 0.15) is 64.8 Å². The van der Waals surface area contributed by atoms with E-state index in [1.54, 1.807) is 30.6 Å². The summed E-state index contributed by atoms with van der Waals surface area (Å²) in [5, 5.41) is 0. The van der Waals surface area contributed by atoms with Crippen molar-refractivity contribution in [3.8, 4) is 0 Å². The highest BCUT2D eigenvalue weighted by Gasteiger charge is 2.32. The summed E-state index contributed by atoms with van der Waals surface area (Å²) in [4.78, 5) is 36.6. The number of aliphatic imine (C=N–C) groups is 1. The smallest absolute Gasteiger partial charge is 0.163 e. The third-order valence-corrected chi connectivity index (χ3v) is 7.02. The van der Waals surface area contributed by atoms with Crippen LogP contribution in [0.4, 0.5) is 4.39 Å². The van der Waals surface area contributed by atoms with Gasteiger partial charge in [0, 0.05) is 47.6 Å². The zero-order valence-corrected chi connectivity index (χ0v) is 19.8. The lowest BCUT2D eigenvalue weighted by atomic mass is 9.88. The first kappa shape index (κ1) is 23.2. The van der Waals surface area contributed by atoms with Crippen molar-refractivity contribution >= 4 is 17.3 Å². The Bertz CT molecular complexity index is 1290. The Balaban J connectivity index is 1.31. The maximum Gasteiger partial charge on any atom is 0.163 e. The molecule has 0 radical (unpaired) electrons. The summed E-state index contributed by atoms with van der Waals surface area (Å²) in [5.41, 5.74) is 5.11. The van der Waals surface area contributed by atoms with E-state index in [0.29, 0.717) is 37.2 Å². The number of aromatic nitrogens is 1. The molecule has 2 atom stereocenters. The average molecular weight is 470 g/mol. The second-order valence-electron chi connectivity index (χ2n) is 9.44. The van der Waals surface area contributed by atoms with Crippen LogP contribution >= 0.6 is 0 Å². The molecular weight excluding hydrogens is 441 g/mol. The molecule has 1 saturated heterocycles. The highest BCUT2D eigenvalue weighted by molar-refractivity contribution is 6.16. The van der Waals surface area contributed by atoms with Gasteiger partial charge in [-0.1, -0.05) is 30.3 Å². The number of nitrogens with zero attached hydrogens (tertiary/aromatic N) is 3. The van der Waals surface area contributed by atoms with Gasteiger partial charge >= 0.3 is 0 Å². The molecule has 3 heterocycles. The molecule has 0 saturated carbocycles. The third-order valence-electron chi connectivity index (χ3n) is 7.02. The lowest BCUT2D eigenvalue weighted by Crippen LogP contribution is -2.41. The molecule has 1 unspecified atom stereocenters. The number of hydrogen-bond donors (Lipinski definition) is 0. The summed E-state index contributed by atoms with van der Waals surface area (Å²) in [6.45, 7) is 3.44. The minimum Gasteiger partial charge on any atom is -0.298 e. The van der Waals surface area contributed by atoms with E-state index in [9.17, 15) is 14.0 Å². The zero-order valence-electron chi connectivity index (χ0n) is 19.8. The molecule has 0 bridgehead atoms. The number of ketones is 2. The van der Waals surface area contributed by atoms with Crippen LogP contribution < -0.4 is 0 Å². The fraction of sp³-hybridized carbons (Fsp3) is 0.310. The van der Waals surface area contributed by atoms with E-state index in [1.165, 1.54) is 13.0 Å². The van der Waals surface area contributed by atoms with Crippen molar-refractivity contribution in [3.63, 3.8) is 0 Å². The molecule has 35 heavy (non-hydrogen) atoms.